The maximum Gasteiger partial charge on any atom is 0.306 e. The van der Waals surface area contributed by atoms with Gasteiger partial charge < -0.3 is 64.2 Å². The molecule has 4 unspecified atom stereocenters. The van der Waals surface area contributed by atoms with Crippen LogP contribution in [-0.4, -0.2) is 142 Å². The summed E-state index contributed by atoms with van der Waals surface area (Å²) in [6.45, 7) is 2.56. The van der Waals surface area contributed by atoms with Crippen molar-refractivity contribution < 1.29 is 73.8 Å². The molecule has 380 valence electrons. The highest BCUT2D eigenvalue weighted by Crippen LogP contribution is 2.26. The van der Waals surface area contributed by atoms with Gasteiger partial charge in [-0.2, -0.15) is 0 Å². The summed E-state index contributed by atoms with van der Waals surface area (Å²) >= 11 is 0. The van der Waals surface area contributed by atoms with Crippen LogP contribution in [0.1, 0.15) is 187 Å². The third-order valence-corrected chi connectivity index (χ3v) is 12.2. The Morgan fingerprint density at radius 3 is 1.37 bits per heavy atom. The van der Waals surface area contributed by atoms with E-state index in [0.717, 1.165) is 64.2 Å². The predicted molar refractivity (Wildman–Crippen MR) is 247 cm³/mol. The summed E-state index contributed by atoms with van der Waals surface area (Å²) in [5.74, 6) is -0.950. The van der Waals surface area contributed by atoms with Crippen molar-refractivity contribution in [3.8, 4) is 0 Å². The van der Waals surface area contributed by atoms with Crippen LogP contribution < -0.4 is 0 Å². The fourth-order valence-electron chi connectivity index (χ4n) is 7.91. The van der Waals surface area contributed by atoms with Gasteiger partial charge in [0.25, 0.3) is 0 Å². The highest BCUT2D eigenvalue weighted by molar-refractivity contribution is 5.70. The molecule has 0 aliphatic carbocycles. The number of carbonyl (C=O) groups excluding carboxylic acids is 2. The number of unbranched alkanes of at least 4 members (excludes halogenated alkanes) is 21. The number of aliphatic hydroxyl groups is 7. The molecular formula is C50H90O15. The standard InChI is InChI=1S/C50H90O15/c1-3-5-7-9-11-13-15-17-19-21-23-25-27-29-31-33-42(53)63-38(35-60-41(52)32-30-28-26-24-22-20-18-16-14-12-10-8-6-4-2)36-61-49-48(59)46(57)44(55)40(65-49)37-62-50-47(58)45(56)43(54)39(34-51)64-50/h16,18,21,23,38-40,43-51,54-59H,3-15,17,19-20,22,24-37H2,1-2H3/b18-16+,23-21+/t38-,39-,40-,43+,44+,45?,46?,47?,48?,49-,50-/m1/s1. The molecule has 0 aromatic heterocycles. The lowest BCUT2D eigenvalue weighted by Crippen LogP contribution is -2.61. The quantitative estimate of drug-likeness (QED) is 0.0192. The normalized spacial score (nSPS) is 26.5. The van der Waals surface area contributed by atoms with E-state index in [1.165, 1.54) is 83.5 Å². The van der Waals surface area contributed by atoms with E-state index in [-0.39, 0.29) is 26.1 Å². The van der Waals surface area contributed by atoms with E-state index < -0.39 is 92.7 Å². The third-order valence-electron chi connectivity index (χ3n) is 12.2. The number of hydrogen-bond acceptors (Lipinski definition) is 15. The van der Waals surface area contributed by atoms with Crippen LogP contribution in [0.5, 0.6) is 0 Å². The first kappa shape index (κ1) is 59.1. The summed E-state index contributed by atoms with van der Waals surface area (Å²) < 4.78 is 33.5. The maximum atomic E-state index is 13.0. The summed E-state index contributed by atoms with van der Waals surface area (Å²) in [4.78, 5) is 25.7. The molecule has 15 nitrogen and oxygen atoms in total. The van der Waals surface area contributed by atoms with E-state index in [0.29, 0.717) is 12.8 Å². The molecule has 7 N–H and O–H groups in total. The molecule has 11 atom stereocenters. The van der Waals surface area contributed by atoms with E-state index in [9.17, 15) is 45.3 Å². The first-order valence-electron chi connectivity index (χ1n) is 25.4. The van der Waals surface area contributed by atoms with Gasteiger partial charge in [-0.05, 0) is 64.2 Å². The molecule has 0 aromatic rings. The molecular weight excluding hydrogens is 841 g/mol. The number of carbonyl (C=O) groups is 2. The lowest BCUT2D eigenvalue weighted by Gasteiger charge is -2.42. The summed E-state index contributed by atoms with van der Waals surface area (Å²) in [5.41, 5.74) is 0. The Hall–Kier alpha value is -2.02. The molecule has 0 bridgehead atoms. The molecule has 2 saturated heterocycles. The molecule has 2 rings (SSSR count). The van der Waals surface area contributed by atoms with Crippen molar-refractivity contribution in [2.75, 3.05) is 26.4 Å². The Bertz CT molecular complexity index is 1230. The van der Waals surface area contributed by atoms with Gasteiger partial charge in [0.05, 0.1) is 19.8 Å². The zero-order valence-electron chi connectivity index (χ0n) is 40.0. The minimum atomic E-state index is -1.77. The Morgan fingerprint density at radius 2 is 0.877 bits per heavy atom. The van der Waals surface area contributed by atoms with Crippen LogP contribution in [0.2, 0.25) is 0 Å². The van der Waals surface area contributed by atoms with Gasteiger partial charge in [0.15, 0.2) is 18.7 Å². The SMILES string of the molecule is CCCCCCC/C=C/CCCCCCCC(=O)OC[C@H](CO[C@@H]1O[C@H](CO[C@@H]2O[C@H](CO)[C@H](O)C(O)C2O)[C@H](O)C(O)C1O)OC(=O)CCCCC/C=C/CCCCCCCCCC. The van der Waals surface area contributed by atoms with Crippen molar-refractivity contribution in [3.05, 3.63) is 24.3 Å². The van der Waals surface area contributed by atoms with Crippen molar-refractivity contribution in [1.29, 1.82) is 0 Å². The van der Waals surface area contributed by atoms with Crippen LogP contribution in [0, 0.1) is 0 Å². The molecule has 0 aromatic carbocycles. The van der Waals surface area contributed by atoms with Gasteiger partial charge in [-0.15, -0.1) is 0 Å². The summed E-state index contributed by atoms with van der Waals surface area (Å²) in [7, 11) is 0. The Morgan fingerprint density at radius 1 is 0.477 bits per heavy atom. The lowest BCUT2D eigenvalue weighted by atomic mass is 9.98. The van der Waals surface area contributed by atoms with E-state index in [4.69, 9.17) is 28.4 Å². The average molecular weight is 931 g/mol. The summed E-state index contributed by atoms with van der Waals surface area (Å²) in [5, 5.41) is 72.0. The van der Waals surface area contributed by atoms with Crippen molar-refractivity contribution >= 4 is 11.9 Å². The molecule has 0 radical (unpaired) electrons. The van der Waals surface area contributed by atoms with Gasteiger partial charge in [0, 0.05) is 12.8 Å². The van der Waals surface area contributed by atoms with Crippen molar-refractivity contribution in [1.82, 2.24) is 0 Å². The van der Waals surface area contributed by atoms with Gasteiger partial charge in [-0.1, -0.05) is 134 Å². The summed E-state index contributed by atoms with van der Waals surface area (Å²) in [6.07, 6.45) is 20.6. The third kappa shape index (κ3) is 26.4. The first-order chi connectivity index (χ1) is 31.5. The Balaban J connectivity index is 1.83. The van der Waals surface area contributed by atoms with E-state index >= 15 is 0 Å². The number of rotatable bonds is 39. The van der Waals surface area contributed by atoms with Gasteiger partial charge in [0.2, 0.25) is 0 Å². The fourth-order valence-corrected chi connectivity index (χ4v) is 7.91. The first-order valence-corrected chi connectivity index (χ1v) is 25.4. The largest absolute Gasteiger partial charge is 0.462 e. The molecule has 2 fully saturated rings. The Labute approximate surface area is 390 Å². The smallest absolute Gasteiger partial charge is 0.306 e. The zero-order valence-corrected chi connectivity index (χ0v) is 40.0. The monoisotopic (exact) mass is 931 g/mol. The molecule has 0 saturated carbocycles. The fraction of sp³-hybridized carbons (Fsp3) is 0.880. The van der Waals surface area contributed by atoms with Gasteiger partial charge in [-0.25, -0.2) is 0 Å². The van der Waals surface area contributed by atoms with E-state index in [2.05, 4.69) is 38.2 Å². The van der Waals surface area contributed by atoms with Crippen LogP contribution >= 0.6 is 0 Å². The molecule has 0 spiro atoms. The molecule has 2 aliphatic heterocycles. The number of aliphatic hydroxyl groups excluding tert-OH is 7. The molecule has 2 heterocycles. The number of ether oxygens (including phenoxy) is 6. The van der Waals surface area contributed by atoms with Crippen molar-refractivity contribution in [3.63, 3.8) is 0 Å². The topological polar surface area (TPSA) is 231 Å². The molecule has 15 heteroatoms. The molecule has 0 amide bonds. The number of allylic oxidation sites excluding steroid dienone is 4. The molecule has 65 heavy (non-hydrogen) atoms. The van der Waals surface area contributed by atoms with Crippen molar-refractivity contribution in [2.24, 2.45) is 0 Å². The second-order valence-electron chi connectivity index (χ2n) is 18.0. The van der Waals surface area contributed by atoms with Gasteiger partial charge in [0.1, 0.15) is 55.4 Å². The van der Waals surface area contributed by atoms with Crippen LogP contribution in [-0.2, 0) is 38.0 Å². The van der Waals surface area contributed by atoms with Gasteiger partial charge in [-0.3, -0.25) is 9.59 Å². The van der Waals surface area contributed by atoms with Crippen LogP contribution in [0.15, 0.2) is 24.3 Å². The summed E-state index contributed by atoms with van der Waals surface area (Å²) in [6, 6.07) is 0. The van der Waals surface area contributed by atoms with Crippen LogP contribution in [0.4, 0.5) is 0 Å². The average Bonchev–Trinajstić information content (AvgIpc) is 3.30. The second-order valence-corrected chi connectivity index (χ2v) is 18.0. The maximum absolute atomic E-state index is 13.0. The lowest BCUT2D eigenvalue weighted by molar-refractivity contribution is -0.332. The zero-order chi connectivity index (χ0) is 47.5. The van der Waals surface area contributed by atoms with Crippen molar-refractivity contribution in [2.45, 2.75) is 255 Å². The minimum Gasteiger partial charge on any atom is -0.462 e. The Kier molecular flexibility index (Phi) is 34.5. The second kappa shape index (κ2) is 37.9. The van der Waals surface area contributed by atoms with Gasteiger partial charge >= 0.3 is 11.9 Å². The molecule has 2 aliphatic rings. The minimum absolute atomic E-state index is 0.145. The number of esters is 2. The van der Waals surface area contributed by atoms with Crippen LogP contribution in [0.25, 0.3) is 0 Å². The van der Waals surface area contributed by atoms with Crippen LogP contribution in [0.3, 0.4) is 0 Å². The van der Waals surface area contributed by atoms with E-state index in [1.807, 2.05) is 0 Å². The highest BCUT2D eigenvalue weighted by atomic mass is 16.7. The number of hydrogen-bond donors (Lipinski definition) is 7. The highest BCUT2D eigenvalue weighted by Gasteiger charge is 2.47. The van der Waals surface area contributed by atoms with E-state index in [1.54, 1.807) is 0 Å². The predicted octanol–water partition coefficient (Wildman–Crippen LogP) is 6.77.